The fourth-order valence-corrected chi connectivity index (χ4v) is 3.67. The van der Waals surface area contributed by atoms with Crippen molar-refractivity contribution in [1.29, 1.82) is 0 Å². The Kier molecular flexibility index (Phi) is 4.94. The molecule has 0 aromatic heterocycles. The predicted octanol–water partition coefficient (Wildman–Crippen LogP) is 5.22. The van der Waals surface area contributed by atoms with Gasteiger partial charge in [-0.2, -0.15) is 5.11 Å². The number of azo groups is 1. The molecule has 1 spiro atoms. The molecule has 0 amide bonds. The maximum atomic E-state index is 6.19. The Bertz CT molecular complexity index is 858. The molecule has 2 aromatic carbocycles. The van der Waals surface area contributed by atoms with Crippen LogP contribution in [0.1, 0.15) is 18.4 Å². The number of fused-ring (bicyclic) bond motifs is 1. The molecule has 0 atom stereocenters. The summed E-state index contributed by atoms with van der Waals surface area (Å²) in [6, 6.07) is 13.7. The normalized spacial score (nSPS) is 18.5. The number of amidine groups is 1. The van der Waals surface area contributed by atoms with Gasteiger partial charge in [0.25, 0.3) is 0 Å². The summed E-state index contributed by atoms with van der Waals surface area (Å²) in [5.41, 5.74) is 2.44. The van der Waals surface area contributed by atoms with E-state index in [9.17, 15) is 0 Å². The van der Waals surface area contributed by atoms with Gasteiger partial charge in [-0.15, -0.1) is 5.11 Å². The molecule has 2 aliphatic heterocycles. The standard InChI is InChI=1S/C19H19Cl2N5/c20-14-10-16-17(11-15(14)21)25-19(6-8-22-9-7-19)18(24-16)26-23-12-13-4-2-1-3-5-13/h1-5,10-11,22,25H,6-9,12H2. The number of benzene rings is 2. The van der Waals surface area contributed by atoms with E-state index < -0.39 is 0 Å². The highest BCUT2D eigenvalue weighted by Crippen LogP contribution is 2.42. The average Bonchev–Trinajstić information content (AvgIpc) is 2.66. The van der Waals surface area contributed by atoms with Crippen molar-refractivity contribution in [2.75, 3.05) is 18.4 Å². The van der Waals surface area contributed by atoms with Crippen LogP contribution in [0, 0.1) is 0 Å². The minimum atomic E-state index is -0.324. The Morgan fingerprint density at radius 3 is 2.54 bits per heavy atom. The van der Waals surface area contributed by atoms with Gasteiger partial charge in [0.1, 0.15) is 5.54 Å². The lowest BCUT2D eigenvalue weighted by molar-refractivity contribution is 0.417. The zero-order chi connectivity index (χ0) is 18.0. The van der Waals surface area contributed by atoms with Crippen molar-refractivity contribution in [2.24, 2.45) is 15.2 Å². The maximum Gasteiger partial charge on any atom is 0.176 e. The topological polar surface area (TPSA) is 61.1 Å². The van der Waals surface area contributed by atoms with Crippen LogP contribution >= 0.6 is 23.2 Å². The summed E-state index contributed by atoms with van der Waals surface area (Å²) in [7, 11) is 0. The molecule has 0 bridgehead atoms. The number of nitrogens with one attached hydrogen (secondary N) is 2. The fourth-order valence-electron chi connectivity index (χ4n) is 3.35. The van der Waals surface area contributed by atoms with Gasteiger partial charge in [0.05, 0.1) is 28.0 Å². The number of nitrogens with zero attached hydrogens (tertiary/aromatic N) is 3. The third kappa shape index (κ3) is 3.47. The van der Waals surface area contributed by atoms with E-state index >= 15 is 0 Å². The molecular formula is C19H19Cl2N5. The maximum absolute atomic E-state index is 6.19. The molecule has 5 nitrogen and oxygen atoms in total. The third-order valence-corrected chi connectivity index (χ3v) is 5.51. The van der Waals surface area contributed by atoms with Gasteiger partial charge >= 0.3 is 0 Å². The molecule has 1 fully saturated rings. The zero-order valence-corrected chi connectivity index (χ0v) is 15.7. The van der Waals surface area contributed by atoms with Gasteiger partial charge in [-0.05, 0) is 43.6 Å². The Morgan fingerprint density at radius 1 is 1.04 bits per heavy atom. The second-order valence-electron chi connectivity index (χ2n) is 6.56. The molecule has 2 N–H and O–H groups in total. The van der Waals surface area contributed by atoms with Crippen molar-refractivity contribution in [2.45, 2.75) is 24.9 Å². The van der Waals surface area contributed by atoms with Crippen molar-refractivity contribution < 1.29 is 0 Å². The molecule has 26 heavy (non-hydrogen) atoms. The molecule has 1 saturated heterocycles. The smallest absolute Gasteiger partial charge is 0.176 e. The largest absolute Gasteiger partial charge is 0.371 e. The summed E-state index contributed by atoms with van der Waals surface area (Å²) >= 11 is 12.3. The van der Waals surface area contributed by atoms with Crippen LogP contribution in [0.4, 0.5) is 11.4 Å². The highest BCUT2D eigenvalue weighted by Gasteiger charge is 2.41. The number of aliphatic imine (C=N–C) groups is 1. The second-order valence-corrected chi connectivity index (χ2v) is 7.38. The quantitative estimate of drug-likeness (QED) is 0.693. The van der Waals surface area contributed by atoms with Crippen LogP contribution in [0.2, 0.25) is 10.0 Å². The van der Waals surface area contributed by atoms with Crippen molar-refractivity contribution in [3.8, 4) is 0 Å². The van der Waals surface area contributed by atoms with Crippen molar-refractivity contribution >= 4 is 40.4 Å². The van der Waals surface area contributed by atoms with Crippen molar-refractivity contribution in [3.05, 3.63) is 58.1 Å². The van der Waals surface area contributed by atoms with E-state index in [0.717, 1.165) is 42.9 Å². The molecule has 2 aliphatic rings. The summed E-state index contributed by atoms with van der Waals surface area (Å²) in [5, 5.41) is 16.9. The van der Waals surface area contributed by atoms with Crippen LogP contribution < -0.4 is 10.6 Å². The fraction of sp³-hybridized carbons (Fsp3) is 0.316. The first-order valence-corrected chi connectivity index (χ1v) is 9.40. The van der Waals surface area contributed by atoms with E-state index in [4.69, 9.17) is 28.2 Å². The van der Waals surface area contributed by atoms with Gasteiger partial charge in [0.2, 0.25) is 0 Å². The lowest BCUT2D eigenvalue weighted by Gasteiger charge is -2.40. The van der Waals surface area contributed by atoms with Crippen molar-refractivity contribution in [1.82, 2.24) is 5.32 Å². The number of hydrogen-bond acceptors (Lipinski definition) is 5. The van der Waals surface area contributed by atoms with Gasteiger partial charge in [0, 0.05) is 0 Å². The van der Waals surface area contributed by atoms with Gasteiger partial charge in [-0.3, -0.25) is 0 Å². The second kappa shape index (κ2) is 7.35. The predicted molar refractivity (Wildman–Crippen MR) is 107 cm³/mol. The van der Waals surface area contributed by atoms with Gasteiger partial charge in [-0.25, -0.2) is 4.99 Å². The van der Waals surface area contributed by atoms with Crippen LogP contribution in [0.3, 0.4) is 0 Å². The Balaban J connectivity index is 1.67. The van der Waals surface area contributed by atoms with Crippen LogP contribution in [-0.2, 0) is 6.54 Å². The number of halogens is 2. The lowest BCUT2D eigenvalue weighted by Crippen LogP contribution is -2.53. The monoisotopic (exact) mass is 387 g/mol. The van der Waals surface area contributed by atoms with E-state index in [2.05, 4.69) is 20.9 Å². The number of rotatable bonds is 2. The molecule has 0 saturated carbocycles. The SMILES string of the molecule is Clc1cc2c(cc1Cl)NC1(CCNCC1)C(N=NCc1ccccc1)=N2. The van der Waals surface area contributed by atoms with E-state index in [1.165, 1.54) is 0 Å². The Morgan fingerprint density at radius 2 is 1.77 bits per heavy atom. The van der Waals surface area contributed by atoms with E-state index in [-0.39, 0.29) is 5.54 Å². The van der Waals surface area contributed by atoms with E-state index in [1.807, 2.05) is 36.4 Å². The zero-order valence-electron chi connectivity index (χ0n) is 14.2. The van der Waals surface area contributed by atoms with Crippen LogP contribution in [-0.4, -0.2) is 24.5 Å². The molecule has 134 valence electrons. The Labute approximate surface area is 162 Å². The average molecular weight is 388 g/mol. The lowest BCUT2D eigenvalue weighted by atomic mass is 9.85. The molecule has 0 unspecified atom stereocenters. The molecule has 7 heteroatoms. The molecule has 0 radical (unpaired) electrons. The summed E-state index contributed by atoms with van der Waals surface area (Å²) in [5.74, 6) is 0.709. The van der Waals surface area contributed by atoms with Gasteiger partial charge in [0.15, 0.2) is 5.84 Å². The summed E-state index contributed by atoms with van der Waals surface area (Å²) < 4.78 is 0. The summed E-state index contributed by atoms with van der Waals surface area (Å²) in [6.45, 7) is 2.33. The van der Waals surface area contributed by atoms with Gasteiger partial charge in [-0.1, -0.05) is 53.5 Å². The summed E-state index contributed by atoms with van der Waals surface area (Å²) in [4.78, 5) is 4.78. The first-order chi connectivity index (χ1) is 12.7. The molecule has 4 rings (SSSR count). The summed E-state index contributed by atoms with van der Waals surface area (Å²) in [6.07, 6.45) is 1.77. The highest BCUT2D eigenvalue weighted by molar-refractivity contribution is 6.42. The Hall–Kier alpha value is -1.95. The van der Waals surface area contributed by atoms with E-state index in [1.54, 1.807) is 6.07 Å². The highest BCUT2D eigenvalue weighted by atomic mass is 35.5. The first-order valence-electron chi connectivity index (χ1n) is 8.65. The van der Waals surface area contributed by atoms with Crippen LogP contribution in [0.25, 0.3) is 0 Å². The minimum absolute atomic E-state index is 0.324. The van der Waals surface area contributed by atoms with Gasteiger partial charge < -0.3 is 10.6 Å². The molecule has 0 aliphatic carbocycles. The van der Waals surface area contributed by atoms with Crippen LogP contribution in [0.5, 0.6) is 0 Å². The van der Waals surface area contributed by atoms with E-state index in [0.29, 0.717) is 22.4 Å². The molecule has 2 aromatic rings. The van der Waals surface area contributed by atoms with Crippen molar-refractivity contribution in [3.63, 3.8) is 0 Å². The van der Waals surface area contributed by atoms with Crippen LogP contribution in [0.15, 0.2) is 57.7 Å². The molecular weight excluding hydrogens is 369 g/mol. The minimum Gasteiger partial charge on any atom is -0.371 e. The number of piperidine rings is 1. The first kappa shape index (κ1) is 17.5. The third-order valence-electron chi connectivity index (χ3n) is 4.79. The molecule has 2 heterocycles. The number of anilines is 1. The number of hydrogen-bond donors (Lipinski definition) is 2.